The van der Waals surface area contributed by atoms with Gasteiger partial charge in [0.15, 0.2) is 0 Å². The predicted molar refractivity (Wildman–Crippen MR) is 59.3 cm³/mol. The van der Waals surface area contributed by atoms with Crippen molar-refractivity contribution in [2.45, 2.75) is 25.9 Å². The van der Waals surface area contributed by atoms with Crippen LogP contribution in [0, 0.1) is 0 Å². The number of carbonyl (C=O) groups is 1. The molecule has 0 fully saturated rings. The van der Waals surface area contributed by atoms with Gasteiger partial charge < -0.3 is 9.84 Å². The third-order valence-electron chi connectivity index (χ3n) is 2.01. The van der Waals surface area contributed by atoms with Gasteiger partial charge in [-0.25, -0.2) is 12.7 Å². The van der Waals surface area contributed by atoms with E-state index < -0.39 is 22.1 Å². The number of nitrogens with zero attached hydrogens (tertiary/aromatic N) is 1. The lowest BCUT2D eigenvalue weighted by atomic mass is 10.3. The zero-order chi connectivity index (χ0) is 12.8. The van der Waals surface area contributed by atoms with E-state index in [1.54, 1.807) is 0 Å². The Morgan fingerprint density at radius 3 is 2.50 bits per heavy atom. The number of sulfonamides is 1. The topological polar surface area (TPSA) is 83.9 Å². The molecular weight excluding hydrogens is 234 g/mol. The molecule has 16 heavy (non-hydrogen) atoms. The quantitative estimate of drug-likeness (QED) is 0.623. The Bertz CT molecular complexity index is 312. The van der Waals surface area contributed by atoms with E-state index in [9.17, 15) is 13.2 Å². The van der Waals surface area contributed by atoms with Crippen LogP contribution in [0.3, 0.4) is 0 Å². The molecule has 0 aromatic rings. The van der Waals surface area contributed by atoms with Gasteiger partial charge in [-0.2, -0.15) is 0 Å². The molecule has 0 saturated heterocycles. The lowest BCUT2D eigenvalue weighted by molar-refractivity contribution is -0.140. The average Bonchev–Trinajstić information content (AvgIpc) is 2.16. The molecule has 0 aliphatic heterocycles. The van der Waals surface area contributed by atoms with Crippen molar-refractivity contribution < 1.29 is 23.1 Å². The van der Waals surface area contributed by atoms with Crippen LogP contribution in [0.15, 0.2) is 0 Å². The van der Waals surface area contributed by atoms with Crippen molar-refractivity contribution >= 4 is 16.0 Å². The average molecular weight is 253 g/mol. The van der Waals surface area contributed by atoms with Crippen LogP contribution < -0.4 is 0 Å². The molecule has 0 spiro atoms. The summed E-state index contributed by atoms with van der Waals surface area (Å²) in [4.78, 5) is 10.8. The van der Waals surface area contributed by atoms with Gasteiger partial charge >= 0.3 is 5.97 Å². The molecule has 7 heteroatoms. The van der Waals surface area contributed by atoms with Gasteiger partial charge in [-0.1, -0.05) is 0 Å². The van der Waals surface area contributed by atoms with Crippen molar-refractivity contribution in [2.24, 2.45) is 0 Å². The molecule has 96 valence electrons. The second-order valence-electron chi connectivity index (χ2n) is 3.63. The van der Waals surface area contributed by atoms with E-state index in [4.69, 9.17) is 5.11 Å². The highest BCUT2D eigenvalue weighted by Crippen LogP contribution is 2.04. The lowest BCUT2D eigenvalue weighted by Gasteiger charge is -2.18. The van der Waals surface area contributed by atoms with Crippen LogP contribution in [0.5, 0.6) is 0 Å². The first kappa shape index (κ1) is 15.3. The van der Waals surface area contributed by atoms with Crippen LogP contribution in [0.4, 0.5) is 0 Å². The first-order valence-corrected chi connectivity index (χ1v) is 6.59. The summed E-state index contributed by atoms with van der Waals surface area (Å²) in [5, 5.41) is 9.06. The minimum absolute atomic E-state index is 0.0561. The molecule has 0 amide bonds. The maximum atomic E-state index is 11.6. The van der Waals surface area contributed by atoms with E-state index >= 15 is 0 Å². The highest BCUT2D eigenvalue weighted by Gasteiger charge is 2.19. The van der Waals surface area contributed by atoms with Crippen molar-refractivity contribution in [3.63, 3.8) is 0 Å². The van der Waals surface area contributed by atoms with Gasteiger partial charge in [-0.15, -0.1) is 0 Å². The molecule has 1 N–H and O–H groups in total. The molecule has 0 saturated carbocycles. The van der Waals surface area contributed by atoms with Crippen LogP contribution in [0.25, 0.3) is 0 Å². The van der Waals surface area contributed by atoms with Crippen LogP contribution in [-0.4, -0.2) is 56.4 Å². The van der Waals surface area contributed by atoms with E-state index in [1.165, 1.54) is 21.1 Å². The van der Waals surface area contributed by atoms with E-state index in [2.05, 4.69) is 4.74 Å². The van der Waals surface area contributed by atoms with Crippen LogP contribution in [-0.2, 0) is 19.6 Å². The Hall–Kier alpha value is -0.660. The monoisotopic (exact) mass is 253 g/mol. The smallest absolute Gasteiger partial charge is 0.305 e. The van der Waals surface area contributed by atoms with E-state index in [-0.39, 0.29) is 25.1 Å². The molecule has 6 nitrogen and oxygen atoms in total. The molecule has 0 bridgehead atoms. The van der Waals surface area contributed by atoms with Crippen LogP contribution in [0.2, 0.25) is 0 Å². The summed E-state index contributed by atoms with van der Waals surface area (Å²) in [5.74, 6) is -0.543. The van der Waals surface area contributed by atoms with Gasteiger partial charge in [0, 0.05) is 20.0 Å². The zero-order valence-corrected chi connectivity index (χ0v) is 10.7. The molecule has 0 heterocycles. The molecule has 0 aliphatic rings. The number of methoxy groups -OCH3 is 1. The summed E-state index contributed by atoms with van der Waals surface area (Å²) in [7, 11) is -0.730. The van der Waals surface area contributed by atoms with E-state index in [0.29, 0.717) is 0 Å². The number of likely N-dealkylation sites (N-methyl/N-ethyl adjacent to an activating group) is 1. The minimum Gasteiger partial charge on any atom is -0.469 e. The van der Waals surface area contributed by atoms with Crippen molar-refractivity contribution in [2.75, 3.05) is 26.5 Å². The Balaban J connectivity index is 4.10. The van der Waals surface area contributed by atoms with Gasteiger partial charge in [0.2, 0.25) is 10.0 Å². The number of esters is 1. The zero-order valence-electron chi connectivity index (χ0n) is 9.84. The first-order valence-electron chi connectivity index (χ1n) is 4.98. The molecule has 0 rings (SSSR count). The standard InChI is InChI=1S/C9H19NO5S/c1-8(11)7-10(2)16(13,14)6-4-5-9(12)15-3/h8,11H,4-7H2,1-3H3. The van der Waals surface area contributed by atoms with Crippen molar-refractivity contribution in [1.29, 1.82) is 0 Å². The summed E-state index contributed by atoms with van der Waals surface area (Å²) in [6.45, 7) is 1.57. The SMILES string of the molecule is COC(=O)CCCS(=O)(=O)N(C)CC(C)O. The molecule has 0 aliphatic carbocycles. The number of ether oxygens (including phenoxy) is 1. The van der Waals surface area contributed by atoms with Gasteiger partial charge in [0.1, 0.15) is 0 Å². The predicted octanol–water partition coefficient (Wildman–Crippen LogP) is -0.418. The van der Waals surface area contributed by atoms with Crippen molar-refractivity contribution in [3.8, 4) is 0 Å². The van der Waals surface area contributed by atoms with Crippen molar-refractivity contribution in [3.05, 3.63) is 0 Å². The van der Waals surface area contributed by atoms with Crippen LogP contribution in [0.1, 0.15) is 19.8 Å². The fourth-order valence-corrected chi connectivity index (χ4v) is 2.41. The summed E-state index contributed by atoms with van der Waals surface area (Å²) in [6, 6.07) is 0. The highest BCUT2D eigenvalue weighted by atomic mass is 32.2. The second-order valence-corrected chi connectivity index (χ2v) is 5.82. The van der Waals surface area contributed by atoms with E-state index in [1.807, 2.05) is 0 Å². The largest absolute Gasteiger partial charge is 0.469 e. The maximum Gasteiger partial charge on any atom is 0.305 e. The fraction of sp³-hybridized carbons (Fsp3) is 0.889. The molecule has 0 aromatic carbocycles. The summed E-state index contributed by atoms with van der Waals surface area (Å²) in [6.07, 6.45) is -0.405. The number of rotatable bonds is 7. The molecular formula is C9H19NO5S. The Labute approximate surface area is 96.2 Å². The summed E-state index contributed by atoms with van der Waals surface area (Å²) < 4.78 is 28.7. The first-order chi connectivity index (χ1) is 7.29. The number of hydrogen-bond donors (Lipinski definition) is 1. The highest BCUT2D eigenvalue weighted by molar-refractivity contribution is 7.89. The minimum atomic E-state index is -3.39. The Kier molecular flexibility index (Phi) is 6.54. The molecule has 1 unspecified atom stereocenters. The molecule has 1 atom stereocenters. The normalized spacial score (nSPS) is 13.8. The lowest BCUT2D eigenvalue weighted by Crippen LogP contribution is -2.34. The summed E-state index contributed by atoms with van der Waals surface area (Å²) in [5.41, 5.74) is 0. The Morgan fingerprint density at radius 1 is 1.50 bits per heavy atom. The number of aliphatic hydroxyl groups is 1. The second kappa shape index (κ2) is 6.82. The van der Waals surface area contributed by atoms with E-state index in [0.717, 1.165) is 4.31 Å². The fourth-order valence-electron chi connectivity index (χ4n) is 1.14. The number of hydrogen-bond acceptors (Lipinski definition) is 5. The third kappa shape index (κ3) is 6.04. The Morgan fingerprint density at radius 2 is 2.06 bits per heavy atom. The maximum absolute atomic E-state index is 11.6. The van der Waals surface area contributed by atoms with Crippen LogP contribution >= 0.6 is 0 Å². The van der Waals surface area contributed by atoms with Gasteiger partial charge in [-0.3, -0.25) is 4.79 Å². The molecule has 0 aromatic heterocycles. The van der Waals surface area contributed by atoms with Gasteiger partial charge in [-0.05, 0) is 13.3 Å². The van der Waals surface area contributed by atoms with Gasteiger partial charge in [0.05, 0.1) is 19.0 Å². The molecule has 0 radical (unpaired) electrons. The number of carbonyl (C=O) groups excluding carboxylic acids is 1. The summed E-state index contributed by atoms with van der Waals surface area (Å²) >= 11 is 0. The van der Waals surface area contributed by atoms with Gasteiger partial charge in [0.25, 0.3) is 0 Å². The number of aliphatic hydroxyl groups excluding tert-OH is 1. The van der Waals surface area contributed by atoms with Crippen molar-refractivity contribution in [1.82, 2.24) is 4.31 Å². The third-order valence-corrected chi connectivity index (χ3v) is 3.91.